The SMILES string of the molecule is COCCOc1ccccc1S(=O)(=O)NC(=O)Nc1ncnc(-c2ccc(OC)cc2OC)n1. The summed E-state index contributed by atoms with van der Waals surface area (Å²) < 4.78 is 48.3. The van der Waals surface area contributed by atoms with Crippen molar-refractivity contribution < 1.29 is 32.2 Å². The van der Waals surface area contributed by atoms with Gasteiger partial charge in [0, 0.05) is 13.2 Å². The number of para-hydroxylation sites is 1. The number of ether oxygens (including phenoxy) is 4. The fraction of sp³-hybridized carbons (Fsp3) is 0.238. The van der Waals surface area contributed by atoms with E-state index in [1.165, 1.54) is 45.9 Å². The van der Waals surface area contributed by atoms with Gasteiger partial charge in [-0.2, -0.15) is 4.98 Å². The molecule has 34 heavy (non-hydrogen) atoms. The number of methoxy groups -OCH3 is 3. The van der Waals surface area contributed by atoms with Gasteiger partial charge in [0.15, 0.2) is 5.82 Å². The quantitative estimate of drug-likeness (QED) is 0.405. The van der Waals surface area contributed by atoms with Crippen molar-refractivity contribution in [1.82, 2.24) is 19.7 Å². The number of aromatic nitrogens is 3. The molecule has 3 rings (SSSR count). The number of rotatable bonds is 10. The Balaban J connectivity index is 1.76. The maximum absolute atomic E-state index is 12.8. The minimum atomic E-state index is -4.26. The van der Waals surface area contributed by atoms with Gasteiger partial charge in [0.25, 0.3) is 10.0 Å². The van der Waals surface area contributed by atoms with Crippen molar-refractivity contribution >= 4 is 22.0 Å². The van der Waals surface area contributed by atoms with E-state index in [9.17, 15) is 13.2 Å². The highest BCUT2D eigenvalue weighted by Crippen LogP contribution is 2.31. The number of benzene rings is 2. The number of anilines is 1. The Morgan fingerprint density at radius 3 is 2.50 bits per heavy atom. The second kappa shape index (κ2) is 11.2. The summed E-state index contributed by atoms with van der Waals surface area (Å²) >= 11 is 0. The van der Waals surface area contributed by atoms with Gasteiger partial charge in [-0.3, -0.25) is 5.32 Å². The fourth-order valence-corrected chi connectivity index (χ4v) is 3.85. The van der Waals surface area contributed by atoms with Gasteiger partial charge in [0.05, 0.1) is 26.4 Å². The van der Waals surface area contributed by atoms with E-state index in [4.69, 9.17) is 18.9 Å². The number of hydrogen-bond acceptors (Lipinski definition) is 10. The lowest BCUT2D eigenvalue weighted by atomic mass is 10.2. The van der Waals surface area contributed by atoms with Crippen LogP contribution in [0.5, 0.6) is 17.2 Å². The van der Waals surface area contributed by atoms with Crippen LogP contribution >= 0.6 is 0 Å². The Morgan fingerprint density at radius 1 is 0.971 bits per heavy atom. The lowest BCUT2D eigenvalue weighted by Crippen LogP contribution is -2.35. The number of sulfonamides is 1. The number of carbonyl (C=O) groups excluding carboxylic acids is 1. The molecule has 1 heterocycles. The van der Waals surface area contributed by atoms with Crippen molar-refractivity contribution in [2.45, 2.75) is 4.90 Å². The van der Waals surface area contributed by atoms with Gasteiger partial charge in [0.2, 0.25) is 5.95 Å². The summed E-state index contributed by atoms with van der Waals surface area (Å²) in [5.41, 5.74) is 0.518. The third kappa shape index (κ3) is 6.08. The van der Waals surface area contributed by atoms with Crippen molar-refractivity contribution in [3.8, 4) is 28.6 Å². The van der Waals surface area contributed by atoms with E-state index in [1.807, 2.05) is 4.72 Å². The molecule has 0 saturated carbocycles. The first-order valence-corrected chi connectivity index (χ1v) is 11.3. The topological polar surface area (TPSA) is 151 Å². The highest BCUT2D eigenvalue weighted by molar-refractivity contribution is 7.90. The Labute approximate surface area is 196 Å². The Kier molecular flexibility index (Phi) is 8.16. The average Bonchev–Trinajstić information content (AvgIpc) is 2.83. The zero-order chi connectivity index (χ0) is 24.6. The first-order valence-electron chi connectivity index (χ1n) is 9.84. The molecule has 3 aromatic rings. The molecule has 0 unspecified atom stereocenters. The lowest BCUT2D eigenvalue weighted by molar-refractivity contribution is 0.144. The maximum atomic E-state index is 12.8. The third-order valence-electron chi connectivity index (χ3n) is 4.36. The van der Waals surface area contributed by atoms with Crippen LogP contribution in [0.1, 0.15) is 0 Å². The predicted molar refractivity (Wildman–Crippen MR) is 122 cm³/mol. The molecule has 0 saturated heterocycles. The van der Waals surface area contributed by atoms with Gasteiger partial charge in [0.1, 0.15) is 35.1 Å². The molecule has 0 aliphatic rings. The van der Waals surface area contributed by atoms with Crippen molar-refractivity contribution in [2.75, 3.05) is 39.9 Å². The maximum Gasteiger partial charge on any atom is 0.335 e. The Morgan fingerprint density at radius 2 is 1.76 bits per heavy atom. The minimum absolute atomic E-state index is 0.0777. The van der Waals surface area contributed by atoms with Gasteiger partial charge < -0.3 is 18.9 Å². The van der Waals surface area contributed by atoms with Crippen LogP contribution in [0, 0.1) is 0 Å². The number of urea groups is 1. The molecule has 0 bridgehead atoms. The monoisotopic (exact) mass is 489 g/mol. The second-order valence-electron chi connectivity index (χ2n) is 6.55. The molecular formula is C21H23N5O7S. The molecule has 2 amide bonds. The van der Waals surface area contributed by atoms with E-state index >= 15 is 0 Å². The van der Waals surface area contributed by atoms with Crippen LogP contribution in [0.25, 0.3) is 11.4 Å². The summed E-state index contributed by atoms with van der Waals surface area (Å²) in [5, 5.41) is 2.29. The Bertz CT molecular complexity index is 1250. The van der Waals surface area contributed by atoms with E-state index in [2.05, 4.69) is 20.3 Å². The third-order valence-corrected chi connectivity index (χ3v) is 5.73. The van der Waals surface area contributed by atoms with Gasteiger partial charge in [-0.05, 0) is 24.3 Å². The zero-order valence-corrected chi connectivity index (χ0v) is 19.5. The number of nitrogens with one attached hydrogen (secondary N) is 2. The van der Waals surface area contributed by atoms with Crippen LogP contribution in [0.2, 0.25) is 0 Å². The predicted octanol–water partition coefficient (Wildman–Crippen LogP) is 2.09. The van der Waals surface area contributed by atoms with Gasteiger partial charge in [-0.25, -0.2) is 27.9 Å². The van der Waals surface area contributed by atoms with Crippen LogP contribution in [0.3, 0.4) is 0 Å². The van der Waals surface area contributed by atoms with Crippen LogP contribution in [0.4, 0.5) is 10.7 Å². The first-order chi connectivity index (χ1) is 16.4. The molecule has 0 spiro atoms. The standard InChI is InChI=1S/C21H23N5O7S/c1-30-10-11-33-16-6-4-5-7-18(16)34(28,29)26-21(27)25-20-23-13-22-19(24-20)15-9-8-14(31-2)12-17(15)32-3/h4-9,12-13H,10-11H2,1-3H3,(H2,22,23,24,25,26,27). The lowest BCUT2D eigenvalue weighted by Gasteiger charge is -2.13. The van der Waals surface area contributed by atoms with Gasteiger partial charge >= 0.3 is 6.03 Å². The second-order valence-corrected chi connectivity index (χ2v) is 8.20. The molecular weight excluding hydrogens is 466 g/mol. The van der Waals surface area contributed by atoms with Gasteiger partial charge in [-0.1, -0.05) is 12.1 Å². The molecule has 180 valence electrons. The first kappa shape index (κ1) is 24.7. The minimum Gasteiger partial charge on any atom is -0.497 e. The van der Waals surface area contributed by atoms with Crippen LogP contribution < -0.4 is 24.2 Å². The van der Waals surface area contributed by atoms with Crippen molar-refractivity contribution in [3.05, 3.63) is 48.8 Å². The van der Waals surface area contributed by atoms with E-state index in [-0.39, 0.29) is 35.6 Å². The molecule has 0 aliphatic heterocycles. The molecule has 0 aliphatic carbocycles. The molecule has 0 atom stereocenters. The summed E-state index contributed by atoms with van der Waals surface area (Å²) in [6.07, 6.45) is 1.18. The molecule has 1 aromatic heterocycles. The normalized spacial score (nSPS) is 10.9. The number of nitrogens with zero attached hydrogens (tertiary/aromatic N) is 3. The van der Waals surface area contributed by atoms with Crippen LogP contribution in [0.15, 0.2) is 53.7 Å². The molecule has 2 aromatic carbocycles. The average molecular weight is 490 g/mol. The largest absolute Gasteiger partial charge is 0.497 e. The molecule has 0 radical (unpaired) electrons. The van der Waals surface area contributed by atoms with Gasteiger partial charge in [-0.15, -0.1) is 0 Å². The number of amides is 2. The summed E-state index contributed by atoms with van der Waals surface area (Å²) in [7, 11) is 0.238. The molecule has 0 fully saturated rings. The number of hydrogen-bond donors (Lipinski definition) is 2. The van der Waals surface area contributed by atoms with Crippen LogP contribution in [-0.2, 0) is 14.8 Å². The summed E-state index contributed by atoms with van der Waals surface area (Å²) in [4.78, 5) is 24.3. The van der Waals surface area contributed by atoms with Crippen molar-refractivity contribution in [2.24, 2.45) is 0 Å². The molecule has 12 nitrogen and oxygen atoms in total. The highest BCUT2D eigenvalue weighted by Gasteiger charge is 2.23. The molecule has 2 N–H and O–H groups in total. The van der Waals surface area contributed by atoms with E-state index in [1.54, 1.807) is 24.3 Å². The molecule has 13 heteroatoms. The van der Waals surface area contributed by atoms with Crippen LogP contribution in [-0.4, -0.2) is 63.9 Å². The number of carbonyl (C=O) groups is 1. The summed E-state index contributed by atoms with van der Waals surface area (Å²) in [6.45, 7) is 0.403. The smallest absolute Gasteiger partial charge is 0.335 e. The summed E-state index contributed by atoms with van der Waals surface area (Å²) in [6, 6.07) is 9.87. The van der Waals surface area contributed by atoms with Crippen molar-refractivity contribution in [1.29, 1.82) is 0 Å². The van der Waals surface area contributed by atoms with E-state index in [0.29, 0.717) is 17.1 Å². The van der Waals surface area contributed by atoms with E-state index < -0.39 is 16.1 Å². The van der Waals surface area contributed by atoms with Crippen molar-refractivity contribution in [3.63, 3.8) is 0 Å². The van der Waals surface area contributed by atoms with E-state index in [0.717, 1.165) is 0 Å². The fourth-order valence-electron chi connectivity index (χ4n) is 2.80. The Hall–Kier alpha value is -3.97. The highest BCUT2D eigenvalue weighted by atomic mass is 32.2. The summed E-state index contributed by atoms with van der Waals surface area (Å²) in [5.74, 6) is 1.12. The zero-order valence-electron chi connectivity index (χ0n) is 18.6.